The molecule has 10 nitrogen and oxygen atoms in total. The van der Waals surface area contributed by atoms with Crippen molar-refractivity contribution in [1.82, 2.24) is 18.9 Å². The van der Waals surface area contributed by atoms with Gasteiger partial charge in [0.25, 0.3) is 10.0 Å². The lowest BCUT2D eigenvalue weighted by Crippen LogP contribution is -2.52. The second-order valence-corrected chi connectivity index (χ2v) is 13.5. The number of carbonyl (C=O) groups is 1. The smallest absolute Gasteiger partial charge is 0.311 e. The fraction of sp³-hybridized carbons (Fsp3) is 0.312. The van der Waals surface area contributed by atoms with E-state index in [0.717, 1.165) is 47.5 Å². The molecule has 3 fully saturated rings. The number of halogens is 2. The summed E-state index contributed by atoms with van der Waals surface area (Å²) in [5, 5.41) is 3.33. The normalized spacial score (nSPS) is 21.2. The number of hydrogen-bond acceptors (Lipinski definition) is 9. The minimum absolute atomic E-state index is 0.00495. The van der Waals surface area contributed by atoms with Gasteiger partial charge in [-0.2, -0.15) is 0 Å². The molecular formula is C32H29F2N5O5S. The van der Waals surface area contributed by atoms with Gasteiger partial charge in [0.15, 0.2) is 23.1 Å². The van der Waals surface area contributed by atoms with E-state index in [0.29, 0.717) is 5.56 Å². The Bertz CT molecular complexity index is 2020. The SMILES string of the molecule is COC(=O)C1C2CCC(CC2)C1Nc1nc(-c2cn(S(=O)(=O)c3ccc(C)cc3)c3ncc(F)cc23)nc(-c2ccoc2)c1F. The first-order chi connectivity index (χ1) is 21.7. The van der Waals surface area contributed by atoms with Crippen LogP contribution in [0.2, 0.25) is 0 Å². The first-order valence-corrected chi connectivity index (χ1v) is 16.0. The molecule has 3 saturated carbocycles. The van der Waals surface area contributed by atoms with Crippen molar-refractivity contribution in [3.8, 4) is 22.6 Å². The lowest BCUT2D eigenvalue weighted by atomic mass is 9.61. The number of nitrogens with one attached hydrogen (secondary N) is 1. The highest BCUT2D eigenvalue weighted by Gasteiger charge is 2.48. The number of aryl methyl sites for hydroxylation is 1. The Labute approximate surface area is 257 Å². The maximum absolute atomic E-state index is 16.2. The van der Waals surface area contributed by atoms with Gasteiger partial charge in [-0.15, -0.1) is 0 Å². The number of nitrogens with zero attached hydrogens (tertiary/aromatic N) is 4. The topological polar surface area (TPSA) is 129 Å². The van der Waals surface area contributed by atoms with E-state index in [9.17, 15) is 17.6 Å². The average molecular weight is 634 g/mol. The molecule has 1 aromatic carbocycles. The van der Waals surface area contributed by atoms with E-state index in [2.05, 4.69) is 20.3 Å². The number of aromatic nitrogens is 4. The zero-order chi connectivity index (χ0) is 31.5. The predicted molar refractivity (Wildman–Crippen MR) is 161 cm³/mol. The van der Waals surface area contributed by atoms with Crippen molar-refractivity contribution in [2.45, 2.75) is 43.5 Å². The van der Waals surface area contributed by atoms with Crippen molar-refractivity contribution >= 4 is 32.8 Å². The summed E-state index contributed by atoms with van der Waals surface area (Å²) in [6.45, 7) is 1.84. The van der Waals surface area contributed by atoms with E-state index in [1.807, 2.05) is 6.92 Å². The molecule has 0 spiro atoms. The van der Waals surface area contributed by atoms with Crippen LogP contribution in [0.5, 0.6) is 0 Å². The van der Waals surface area contributed by atoms with Crippen LogP contribution in [0, 0.1) is 36.3 Å². The van der Waals surface area contributed by atoms with Gasteiger partial charge in [0.05, 0.1) is 36.6 Å². The number of methoxy groups -OCH3 is 1. The van der Waals surface area contributed by atoms with Crippen LogP contribution < -0.4 is 5.32 Å². The summed E-state index contributed by atoms with van der Waals surface area (Å²) in [7, 11) is -2.84. The number of esters is 1. The number of ether oxygens (including phenoxy) is 1. The lowest BCUT2D eigenvalue weighted by molar-refractivity contribution is -0.152. The summed E-state index contributed by atoms with van der Waals surface area (Å²) < 4.78 is 69.7. The molecular weight excluding hydrogens is 604 g/mol. The van der Waals surface area contributed by atoms with Crippen LogP contribution in [0.4, 0.5) is 14.6 Å². The number of furan rings is 1. The Balaban J connectivity index is 1.41. The van der Waals surface area contributed by atoms with Gasteiger partial charge in [0.2, 0.25) is 0 Å². The maximum atomic E-state index is 16.2. The third-order valence-corrected chi connectivity index (χ3v) is 10.7. The minimum atomic E-state index is -4.18. The summed E-state index contributed by atoms with van der Waals surface area (Å²) >= 11 is 0. The Kier molecular flexibility index (Phi) is 7.15. The molecule has 3 aliphatic rings. The van der Waals surface area contributed by atoms with Crippen LogP contribution in [0.25, 0.3) is 33.7 Å². The molecule has 3 aliphatic carbocycles. The first-order valence-electron chi connectivity index (χ1n) is 14.6. The van der Waals surface area contributed by atoms with E-state index < -0.39 is 33.6 Å². The Hall–Kier alpha value is -4.65. The molecule has 232 valence electrons. The zero-order valence-corrected chi connectivity index (χ0v) is 25.2. The van der Waals surface area contributed by atoms with Crippen LogP contribution >= 0.6 is 0 Å². The summed E-state index contributed by atoms with van der Waals surface area (Å²) in [6.07, 6.45) is 8.40. The summed E-state index contributed by atoms with van der Waals surface area (Å²) in [6, 6.07) is 8.52. The zero-order valence-electron chi connectivity index (χ0n) is 24.4. The highest BCUT2D eigenvalue weighted by Crippen LogP contribution is 2.47. The van der Waals surface area contributed by atoms with Crippen molar-refractivity contribution in [2.75, 3.05) is 12.4 Å². The second kappa shape index (κ2) is 11.1. The quantitative estimate of drug-likeness (QED) is 0.216. The van der Waals surface area contributed by atoms with Crippen molar-refractivity contribution in [1.29, 1.82) is 0 Å². The van der Waals surface area contributed by atoms with Crippen LogP contribution in [-0.2, 0) is 19.6 Å². The molecule has 8 rings (SSSR count). The molecule has 2 atom stereocenters. The molecule has 5 aromatic rings. The molecule has 2 unspecified atom stereocenters. The molecule has 0 radical (unpaired) electrons. The van der Waals surface area contributed by atoms with E-state index >= 15 is 4.39 Å². The molecule has 0 saturated heterocycles. The van der Waals surface area contributed by atoms with Gasteiger partial charge in [-0.05, 0) is 68.7 Å². The van der Waals surface area contributed by atoms with E-state index in [1.165, 1.54) is 44.0 Å². The molecule has 45 heavy (non-hydrogen) atoms. The third-order valence-electron chi connectivity index (χ3n) is 9.04. The molecule has 0 amide bonds. The second-order valence-electron chi connectivity index (χ2n) is 11.6. The van der Waals surface area contributed by atoms with Gasteiger partial charge in [-0.3, -0.25) is 4.79 Å². The fourth-order valence-corrected chi connectivity index (χ4v) is 8.11. The van der Waals surface area contributed by atoms with E-state index in [1.54, 1.807) is 12.1 Å². The highest BCUT2D eigenvalue weighted by atomic mass is 32.2. The summed E-state index contributed by atoms with van der Waals surface area (Å²) in [5.41, 5.74) is 1.15. The number of fused-ring (bicyclic) bond motifs is 4. The first kappa shape index (κ1) is 29.1. The standard InChI is InChI=1S/C32H29F2N5O5S/c1-17-3-9-22(10-4-17)45(41,42)39-15-24(23-13-21(33)14-35-31(23)39)29-37-28(20-11-12-44-16-20)26(34)30(38-29)36-27-19-7-5-18(6-8-19)25(27)32(40)43-2/h3-4,9-16,18-19,25,27H,5-8H2,1-2H3,(H,36,37,38). The predicted octanol–water partition coefficient (Wildman–Crippen LogP) is 5.97. The Morgan fingerprint density at radius 1 is 1.07 bits per heavy atom. The van der Waals surface area contributed by atoms with Crippen molar-refractivity contribution in [3.05, 3.63) is 78.5 Å². The van der Waals surface area contributed by atoms with Crippen LogP contribution in [0.3, 0.4) is 0 Å². The Morgan fingerprint density at radius 2 is 1.80 bits per heavy atom. The minimum Gasteiger partial charge on any atom is -0.472 e. The van der Waals surface area contributed by atoms with Crippen LogP contribution in [-0.4, -0.2) is 46.5 Å². The van der Waals surface area contributed by atoms with Gasteiger partial charge in [0.1, 0.15) is 11.5 Å². The largest absolute Gasteiger partial charge is 0.472 e. The average Bonchev–Trinajstić information content (AvgIpc) is 3.71. The van der Waals surface area contributed by atoms with Gasteiger partial charge >= 0.3 is 5.97 Å². The van der Waals surface area contributed by atoms with Gasteiger partial charge in [0, 0.05) is 28.8 Å². The maximum Gasteiger partial charge on any atom is 0.311 e. The number of pyridine rings is 1. The number of hydrogen-bond donors (Lipinski definition) is 1. The fourth-order valence-electron chi connectivity index (χ4n) is 6.78. The number of benzene rings is 1. The van der Waals surface area contributed by atoms with Crippen molar-refractivity contribution < 1.29 is 31.1 Å². The Morgan fingerprint density at radius 3 is 2.49 bits per heavy atom. The van der Waals surface area contributed by atoms with E-state index in [4.69, 9.17) is 9.15 Å². The highest BCUT2D eigenvalue weighted by molar-refractivity contribution is 7.90. The molecule has 4 heterocycles. The lowest BCUT2D eigenvalue weighted by Gasteiger charge is -2.47. The van der Waals surface area contributed by atoms with E-state index in [-0.39, 0.29) is 56.6 Å². The number of rotatable bonds is 7. The molecule has 1 N–H and O–H groups in total. The number of carbonyl (C=O) groups excluding carboxylic acids is 1. The van der Waals surface area contributed by atoms with Gasteiger partial charge in [-0.1, -0.05) is 17.7 Å². The van der Waals surface area contributed by atoms with Gasteiger partial charge < -0.3 is 14.5 Å². The molecule has 13 heteroatoms. The van der Waals surface area contributed by atoms with Crippen LogP contribution in [0.15, 0.2) is 70.6 Å². The van der Waals surface area contributed by atoms with Crippen LogP contribution in [0.1, 0.15) is 31.2 Å². The summed E-state index contributed by atoms with van der Waals surface area (Å²) in [4.78, 5) is 26.0. The summed E-state index contributed by atoms with van der Waals surface area (Å²) in [5.74, 6) is -2.38. The molecule has 0 aliphatic heterocycles. The monoisotopic (exact) mass is 633 g/mol. The molecule has 4 aromatic heterocycles. The molecule has 2 bridgehead atoms. The number of anilines is 1. The van der Waals surface area contributed by atoms with Crippen molar-refractivity contribution in [2.24, 2.45) is 17.8 Å². The van der Waals surface area contributed by atoms with Gasteiger partial charge in [-0.25, -0.2) is 36.1 Å². The van der Waals surface area contributed by atoms with Crippen molar-refractivity contribution in [3.63, 3.8) is 0 Å². The third kappa shape index (κ3) is 4.95.